The van der Waals surface area contributed by atoms with E-state index in [2.05, 4.69) is 11.4 Å². The lowest BCUT2D eigenvalue weighted by Crippen LogP contribution is -2.40. The zero-order valence-electron chi connectivity index (χ0n) is 9.04. The molecule has 3 nitrogen and oxygen atoms in total. The van der Waals surface area contributed by atoms with Crippen LogP contribution in [-0.2, 0) is 4.79 Å². The van der Waals surface area contributed by atoms with Crippen LogP contribution in [0.1, 0.15) is 44.9 Å². The summed E-state index contributed by atoms with van der Waals surface area (Å²) in [5.41, 5.74) is 0. The van der Waals surface area contributed by atoms with Crippen LogP contribution < -0.4 is 5.32 Å². The first-order valence-electron chi connectivity index (χ1n) is 5.95. The minimum atomic E-state index is 0.280. The molecule has 2 bridgehead atoms. The number of hydrogen-bond acceptors (Lipinski definition) is 3. The van der Waals surface area contributed by atoms with Gasteiger partial charge in [0.05, 0.1) is 6.07 Å². The van der Waals surface area contributed by atoms with Crippen LogP contribution in [0.4, 0.5) is 0 Å². The molecule has 2 rings (SSSR count). The van der Waals surface area contributed by atoms with Gasteiger partial charge < -0.3 is 5.32 Å². The van der Waals surface area contributed by atoms with Gasteiger partial charge in [-0.1, -0.05) is 0 Å². The van der Waals surface area contributed by atoms with Crippen molar-refractivity contribution in [2.45, 2.75) is 57.0 Å². The SMILES string of the molecule is N#CCCCC(=O)C1CC2CCC(C1)N2. The summed E-state index contributed by atoms with van der Waals surface area (Å²) in [6, 6.07) is 3.27. The van der Waals surface area contributed by atoms with Crippen molar-refractivity contribution in [3.8, 4) is 6.07 Å². The maximum absolute atomic E-state index is 11.9. The molecule has 0 spiro atoms. The summed E-state index contributed by atoms with van der Waals surface area (Å²) >= 11 is 0. The molecule has 2 unspecified atom stereocenters. The Kier molecular flexibility index (Phi) is 3.37. The predicted octanol–water partition coefficient (Wildman–Crippen LogP) is 1.78. The van der Waals surface area contributed by atoms with Crippen molar-refractivity contribution < 1.29 is 4.79 Å². The number of carbonyl (C=O) groups excluding carboxylic acids is 1. The van der Waals surface area contributed by atoms with E-state index in [1.54, 1.807) is 0 Å². The van der Waals surface area contributed by atoms with Crippen molar-refractivity contribution in [1.82, 2.24) is 5.32 Å². The van der Waals surface area contributed by atoms with Gasteiger partial charge in [0, 0.05) is 30.8 Å². The van der Waals surface area contributed by atoms with Gasteiger partial charge in [-0.25, -0.2) is 0 Å². The summed E-state index contributed by atoms with van der Waals surface area (Å²) in [6.07, 6.45) is 6.42. The molecular formula is C12H18N2O. The van der Waals surface area contributed by atoms with Crippen molar-refractivity contribution in [2.24, 2.45) is 5.92 Å². The second-order valence-corrected chi connectivity index (χ2v) is 4.78. The molecule has 2 saturated heterocycles. The molecule has 0 aromatic carbocycles. The van der Waals surface area contributed by atoms with Gasteiger partial charge in [0.1, 0.15) is 5.78 Å². The van der Waals surface area contributed by atoms with Crippen LogP contribution in [0.15, 0.2) is 0 Å². The van der Waals surface area contributed by atoms with Gasteiger partial charge in [-0.05, 0) is 32.1 Å². The van der Waals surface area contributed by atoms with Crippen LogP contribution >= 0.6 is 0 Å². The van der Waals surface area contributed by atoms with Crippen LogP contribution in [-0.4, -0.2) is 17.9 Å². The first kappa shape index (κ1) is 10.6. The summed E-state index contributed by atoms with van der Waals surface area (Å²) in [7, 11) is 0. The molecule has 0 aromatic heterocycles. The quantitative estimate of drug-likeness (QED) is 0.713. The fourth-order valence-electron chi connectivity index (χ4n) is 2.87. The highest BCUT2D eigenvalue weighted by Gasteiger charge is 2.35. The minimum Gasteiger partial charge on any atom is -0.311 e. The number of unbranched alkanes of at least 4 members (excludes halogenated alkanes) is 1. The van der Waals surface area contributed by atoms with Crippen molar-refractivity contribution >= 4 is 5.78 Å². The maximum atomic E-state index is 11.9. The highest BCUT2D eigenvalue weighted by molar-refractivity contribution is 5.81. The summed E-state index contributed by atoms with van der Waals surface area (Å²) in [5.74, 6) is 0.672. The fraction of sp³-hybridized carbons (Fsp3) is 0.833. The normalized spacial score (nSPS) is 33.7. The van der Waals surface area contributed by atoms with Gasteiger partial charge in [0.2, 0.25) is 0 Å². The number of piperidine rings is 1. The standard InChI is InChI=1S/C12H18N2O/c13-6-2-1-3-12(15)9-7-10-4-5-11(8-9)14-10/h9-11,14H,1-5,7-8H2. The summed E-state index contributed by atoms with van der Waals surface area (Å²) < 4.78 is 0. The minimum absolute atomic E-state index is 0.280. The van der Waals surface area contributed by atoms with Gasteiger partial charge in [-0.3, -0.25) is 4.79 Å². The third-order valence-corrected chi connectivity index (χ3v) is 3.64. The fourth-order valence-corrected chi connectivity index (χ4v) is 2.87. The van der Waals surface area contributed by atoms with Gasteiger partial charge >= 0.3 is 0 Å². The van der Waals surface area contributed by atoms with E-state index >= 15 is 0 Å². The van der Waals surface area contributed by atoms with Crippen LogP contribution in [0.2, 0.25) is 0 Å². The van der Waals surface area contributed by atoms with Crippen LogP contribution in [0.5, 0.6) is 0 Å². The van der Waals surface area contributed by atoms with E-state index in [4.69, 9.17) is 5.26 Å². The largest absolute Gasteiger partial charge is 0.311 e. The number of nitriles is 1. The van der Waals surface area contributed by atoms with Gasteiger partial charge in [0.15, 0.2) is 0 Å². The lowest BCUT2D eigenvalue weighted by atomic mass is 9.87. The molecular weight excluding hydrogens is 188 g/mol. The number of Topliss-reactive ketones (excluding diaryl/α,β-unsaturated/α-hetero) is 1. The Morgan fingerprint density at radius 1 is 1.33 bits per heavy atom. The van der Waals surface area contributed by atoms with E-state index in [9.17, 15) is 4.79 Å². The summed E-state index contributed by atoms with van der Waals surface area (Å²) in [5, 5.41) is 12.0. The molecule has 2 heterocycles. The number of nitrogens with zero attached hydrogens (tertiary/aromatic N) is 1. The highest BCUT2D eigenvalue weighted by Crippen LogP contribution is 2.32. The Morgan fingerprint density at radius 3 is 2.60 bits per heavy atom. The lowest BCUT2D eigenvalue weighted by molar-refractivity contribution is -0.124. The molecule has 82 valence electrons. The molecule has 1 N–H and O–H groups in total. The van der Waals surface area contributed by atoms with Crippen LogP contribution in [0.3, 0.4) is 0 Å². The van der Waals surface area contributed by atoms with Crippen molar-refractivity contribution in [3.63, 3.8) is 0 Å². The molecule has 2 fully saturated rings. The number of ketones is 1. The monoisotopic (exact) mass is 206 g/mol. The van der Waals surface area contributed by atoms with Gasteiger partial charge in [0.25, 0.3) is 0 Å². The molecule has 3 heteroatoms. The second kappa shape index (κ2) is 4.76. The molecule has 15 heavy (non-hydrogen) atoms. The average molecular weight is 206 g/mol. The van der Waals surface area contributed by atoms with Crippen LogP contribution in [0.25, 0.3) is 0 Å². The Labute approximate surface area is 90.8 Å². The molecule has 2 aliphatic heterocycles. The first-order chi connectivity index (χ1) is 7.29. The van der Waals surface area contributed by atoms with Crippen molar-refractivity contribution in [2.75, 3.05) is 0 Å². The molecule has 0 saturated carbocycles. The van der Waals surface area contributed by atoms with E-state index in [0.29, 0.717) is 30.7 Å². The average Bonchev–Trinajstić information content (AvgIpc) is 2.58. The zero-order chi connectivity index (χ0) is 10.7. The Balaban J connectivity index is 1.79. The highest BCUT2D eigenvalue weighted by atomic mass is 16.1. The van der Waals surface area contributed by atoms with E-state index in [1.165, 1.54) is 12.8 Å². The van der Waals surface area contributed by atoms with Crippen LogP contribution in [0, 0.1) is 17.2 Å². The number of nitrogens with one attached hydrogen (secondary N) is 1. The van der Waals surface area contributed by atoms with Crippen molar-refractivity contribution in [3.05, 3.63) is 0 Å². The molecule has 2 aliphatic rings. The Hall–Kier alpha value is -0.880. The number of hydrogen-bond donors (Lipinski definition) is 1. The zero-order valence-corrected chi connectivity index (χ0v) is 9.04. The van der Waals surface area contributed by atoms with Gasteiger partial charge in [-0.2, -0.15) is 5.26 Å². The number of fused-ring (bicyclic) bond motifs is 2. The molecule has 0 radical (unpaired) electrons. The van der Waals surface area contributed by atoms with E-state index in [-0.39, 0.29) is 5.92 Å². The Morgan fingerprint density at radius 2 is 2.00 bits per heavy atom. The molecule has 0 aromatic rings. The van der Waals surface area contributed by atoms with Gasteiger partial charge in [-0.15, -0.1) is 0 Å². The van der Waals surface area contributed by atoms with Crippen molar-refractivity contribution in [1.29, 1.82) is 5.26 Å². The number of carbonyl (C=O) groups is 1. The number of rotatable bonds is 4. The predicted molar refractivity (Wildman–Crippen MR) is 57.1 cm³/mol. The summed E-state index contributed by atoms with van der Waals surface area (Å²) in [6.45, 7) is 0. The third-order valence-electron chi connectivity index (χ3n) is 3.64. The smallest absolute Gasteiger partial charge is 0.136 e. The first-order valence-corrected chi connectivity index (χ1v) is 5.95. The van der Waals surface area contributed by atoms with E-state index in [1.807, 2.05) is 0 Å². The second-order valence-electron chi connectivity index (χ2n) is 4.78. The maximum Gasteiger partial charge on any atom is 0.136 e. The Bertz CT molecular complexity index is 270. The molecule has 0 aliphatic carbocycles. The molecule has 0 amide bonds. The van der Waals surface area contributed by atoms with E-state index in [0.717, 1.165) is 19.3 Å². The summed E-state index contributed by atoms with van der Waals surface area (Å²) in [4.78, 5) is 11.9. The third kappa shape index (κ3) is 2.57. The van der Waals surface area contributed by atoms with E-state index < -0.39 is 0 Å². The topological polar surface area (TPSA) is 52.9 Å². The lowest BCUT2D eigenvalue weighted by Gasteiger charge is -2.28. The molecule has 2 atom stereocenters.